The molecule has 6 nitrogen and oxygen atoms in total. The molecule has 1 N–H and O–H groups in total. The second kappa shape index (κ2) is 6.12. The van der Waals surface area contributed by atoms with Crippen LogP contribution in [0, 0.1) is 0 Å². The van der Waals surface area contributed by atoms with Gasteiger partial charge in [-0.15, -0.1) is 0 Å². The Bertz CT molecular complexity index is 484. The molecule has 0 spiro atoms. The van der Waals surface area contributed by atoms with E-state index < -0.39 is 15.4 Å². The lowest BCUT2D eigenvalue weighted by atomic mass is 10.1. The molecule has 2 unspecified atom stereocenters. The third kappa shape index (κ3) is 5.14. The zero-order chi connectivity index (χ0) is 15.7. The summed E-state index contributed by atoms with van der Waals surface area (Å²) in [5, 5.41) is 3.39. The van der Waals surface area contributed by atoms with Crippen LogP contribution >= 0.6 is 0 Å². The summed E-state index contributed by atoms with van der Waals surface area (Å²) in [6.07, 6.45) is 2.17. The lowest BCUT2D eigenvalue weighted by molar-refractivity contribution is 0.0290. The Hall–Kier alpha value is -0.820. The number of nitrogens with one attached hydrogen (secondary N) is 1. The summed E-state index contributed by atoms with van der Waals surface area (Å²) in [7, 11) is -2.90. The van der Waals surface area contributed by atoms with Crippen molar-refractivity contribution in [1.29, 1.82) is 0 Å². The van der Waals surface area contributed by atoms with E-state index in [4.69, 9.17) is 4.74 Å². The van der Waals surface area contributed by atoms with Gasteiger partial charge in [-0.05, 0) is 40.0 Å². The number of amides is 1. The third-order valence-corrected chi connectivity index (χ3v) is 5.60. The van der Waals surface area contributed by atoms with Crippen LogP contribution in [0.5, 0.6) is 0 Å². The second-order valence-corrected chi connectivity index (χ2v) is 9.26. The summed E-state index contributed by atoms with van der Waals surface area (Å²) < 4.78 is 28.6. The molecule has 0 aliphatic carbocycles. The molecule has 2 rings (SSSR count). The topological polar surface area (TPSA) is 75.7 Å². The van der Waals surface area contributed by atoms with E-state index in [1.54, 1.807) is 4.90 Å². The number of likely N-dealkylation sites (tertiary alicyclic amines) is 1. The minimum Gasteiger partial charge on any atom is -0.444 e. The van der Waals surface area contributed by atoms with Gasteiger partial charge in [-0.1, -0.05) is 0 Å². The van der Waals surface area contributed by atoms with Gasteiger partial charge in [0.1, 0.15) is 5.60 Å². The van der Waals surface area contributed by atoms with E-state index in [9.17, 15) is 13.2 Å². The zero-order valence-corrected chi connectivity index (χ0v) is 13.9. The number of carbonyl (C=O) groups excluding carboxylic acids is 1. The van der Waals surface area contributed by atoms with Gasteiger partial charge in [-0.2, -0.15) is 0 Å². The van der Waals surface area contributed by atoms with E-state index in [1.165, 1.54) is 0 Å². The maximum Gasteiger partial charge on any atom is 0.410 e. The first kappa shape index (κ1) is 16.5. The monoisotopic (exact) mass is 318 g/mol. The van der Waals surface area contributed by atoms with Gasteiger partial charge in [0.2, 0.25) is 0 Å². The molecule has 2 fully saturated rings. The van der Waals surface area contributed by atoms with Crippen LogP contribution in [0.25, 0.3) is 0 Å². The average molecular weight is 318 g/mol. The number of hydrogen-bond acceptors (Lipinski definition) is 5. The zero-order valence-electron chi connectivity index (χ0n) is 13.1. The van der Waals surface area contributed by atoms with Crippen LogP contribution in [0.15, 0.2) is 0 Å². The Balaban J connectivity index is 1.81. The second-order valence-electron chi connectivity index (χ2n) is 7.03. The predicted molar refractivity (Wildman–Crippen MR) is 81.0 cm³/mol. The molecule has 122 valence electrons. The van der Waals surface area contributed by atoms with Crippen LogP contribution in [0.3, 0.4) is 0 Å². The van der Waals surface area contributed by atoms with Crippen LogP contribution in [0.2, 0.25) is 0 Å². The summed E-state index contributed by atoms with van der Waals surface area (Å²) in [4.78, 5) is 13.7. The van der Waals surface area contributed by atoms with Crippen molar-refractivity contribution in [2.45, 2.75) is 57.7 Å². The molecule has 21 heavy (non-hydrogen) atoms. The van der Waals surface area contributed by atoms with E-state index in [2.05, 4.69) is 5.32 Å². The summed E-state index contributed by atoms with van der Waals surface area (Å²) in [6, 6.07) is 0.183. The number of ether oxygens (including phenoxy) is 1. The van der Waals surface area contributed by atoms with Gasteiger partial charge in [0, 0.05) is 25.2 Å². The van der Waals surface area contributed by atoms with E-state index in [0.717, 1.165) is 19.3 Å². The van der Waals surface area contributed by atoms with Gasteiger partial charge < -0.3 is 15.0 Å². The van der Waals surface area contributed by atoms with Crippen molar-refractivity contribution in [2.24, 2.45) is 0 Å². The first-order chi connectivity index (χ1) is 9.65. The lowest BCUT2D eigenvalue weighted by Crippen LogP contribution is -2.46. The summed E-state index contributed by atoms with van der Waals surface area (Å²) in [5.41, 5.74) is -0.486. The molecule has 2 heterocycles. The van der Waals surface area contributed by atoms with Crippen molar-refractivity contribution >= 4 is 15.9 Å². The Labute approximate surface area is 127 Å². The number of sulfone groups is 1. The first-order valence-electron chi connectivity index (χ1n) is 7.59. The van der Waals surface area contributed by atoms with E-state index in [-0.39, 0.29) is 23.9 Å². The first-order valence-corrected chi connectivity index (χ1v) is 9.41. The molecule has 2 saturated heterocycles. The molecule has 2 aliphatic heterocycles. The molecule has 0 aromatic heterocycles. The highest BCUT2D eigenvalue weighted by Gasteiger charge is 2.32. The third-order valence-electron chi connectivity index (χ3n) is 3.77. The molecule has 2 atom stereocenters. The van der Waals surface area contributed by atoms with E-state index in [1.807, 2.05) is 20.8 Å². The van der Waals surface area contributed by atoms with Gasteiger partial charge >= 0.3 is 6.09 Å². The maximum absolute atomic E-state index is 12.0. The number of hydrogen-bond donors (Lipinski definition) is 1. The number of nitrogens with zero attached hydrogens (tertiary/aromatic N) is 1. The average Bonchev–Trinajstić information content (AvgIpc) is 2.73. The van der Waals surface area contributed by atoms with Gasteiger partial charge in [0.25, 0.3) is 0 Å². The molecular weight excluding hydrogens is 292 g/mol. The highest BCUT2D eigenvalue weighted by Crippen LogP contribution is 2.18. The van der Waals surface area contributed by atoms with Crippen LogP contribution in [-0.4, -0.2) is 61.7 Å². The molecule has 0 saturated carbocycles. The molecule has 0 aromatic carbocycles. The number of rotatable bonds is 2. The number of carbonyl (C=O) groups is 1. The van der Waals surface area contributed by atoms with Crippen LogP contribution in [0.1, 0.15) is 40.0 Å². The van der Waals surface area contributed by atoms with E-state index >= 15 is 0 Å². The predicted octanol–water partition coefficient (Wildman–Crippen LogP) is 1.16. The highest BCUT2D eigenvalue weighted by molar-refractivity contribution is 7.91. The van der Waals surface area contributed by atoms with Crippen LogP contribution in [0.4, 0.5) is 4.79 Å². The Morgan fingerprint density at radius 1 is 1.24 bits per heavy atom. The standard InChI is InChI=1S/C14H26N2O4S/c1-14(2,3)20-13(17)16-7-6-11(9-16)15-12-5-4-8-21(18,19)10-12/h11-12,15H,4-10H2,1-3H3. The van der Waals surface area contributed by atoms with Crippen molar-refractivity contribution < 1.29 is 17.9 Å². The molecule has 0 radical (unpaired) electrons. The van der Waals surface area contributed by atoms with Crippen molar-refractivity contribution in [3.8, 4) is 0 Å². The Morgan fingerprint density at radius 2 is 1.95 bits per heavy atom. The molecule has 1 amide bonds. The van der Waals surface area contributed by atoms with Crippen LogP contribution < -0.4 is 5.32 Å². The molecule has 0 aromatic rings. The van der Waals surface area contributed by atoms with Crippen molar-refractivity contribution in [1.82, 2.24) is 10.2 Å². The maximum atomic E-state index is 12.0. The minimum absolute atomic E-state index is 0.0207. The van der Waals surface area contributed by atoms with Gasteiger partial charge in [0.15, 0.2) is 9.84 Å². The normalized spacial score (nSPS) is 29.4. The van der Waals surface area contributed by atoms with Crippen molar-refractivity contribution in [3.05, 3.63) is 0 Å². The Kier molecular flexibility index (Phi) is 4.82. The quantitative estimate of drug-likeness (QED) is 0.827. The SMILES string of the molecule is CC(C)(C)OC(=O)N1CCC(NC2CCCS(=O)(=O)C2)C1. The summed E-state index contributed by atoms with van der Waals surface area (Å²) in [6.45, 7) is 6.80. The summed E-state index contributed by atoms with van der Waals surface area (Å²) in [5.74, 6) is 0.524. The fraction of sp³-hybridized carbons (Fsp3) is 0.929. The fourth-order valence-electron chi connectivity index (χ4n) is 2.88. The lowest BCUT2D eigenvalue weighted by Gasteiger charge is -2.27. The Morgan fingerprint density at radius 3 is 2.57 bits per heavy atom. The highest BCUT2D eigenvalue weighted by atomic mass is 32.2. The van der Waals surface area contributed by atoms with E-state index in [0.29, 0.717) is 18.8 Å². The fourth-order valence-corrected chi connectivity index (χ4v) is 4.53. The van der Waals surface area contributed by atoms with Crippen LogP contribution in [-0.2, 0) is 14.6 Å². The largest absolute Gasteiger partial charge is 0.444 e. The molecule has 2 aliphatic rings. The smallest absolute Gasteiger partial charge is 0.410 e. The minimum atomic E-state index is -2.90. The van der Waals surface area contributed by atoms with Crippen molar-refractivity contribution in [2.75, 3.05) is 24.6 Å². The molecule has 0 bridgehead atoms. The molecular formula is C14H26N2O4S. The van der Waals surface area contributed by atoms with Crippen molar-refractivity contribution in [3.63, 3.8) is 0 Å². The summed E-state index contributed by atoms with van der Waals surface area (Å²) >= 11 is 0. The van der Waals surface area contributed by atoms with Gasteiger partial charge in [-0.25, -0.2) is 13.2 Å². The van der Waals surface area contributed by atoms with Gasteiger partial charge in [-0.3, -0.25) is 0 Å². The van der Waals surface area contributed by atoms with Gasteiger partial charge in [0.05, 0.1) is 11.5 Å². The molecule has 7 heteroatoms.